The second-order valence-electron chi connectivity index (χ2n) is 3.96. The number of aromatic nitrogens is 1. The third-order valence-corrected chi connectivity index (χ3v) is 4.69. The Kier molecular flexibility index (Phi) is 2.94. The van der Waals surface area contributed by atoms with Crippen LogP contribution in [0.3, 0.4) is 0 Å². The lowest BCUT2D eigenvalue weighted by atomic mass is 10.1. The zero-order valence-electron chi connectivity index (χ0n) is 9.95. The van der Waals surface area contributed by atoms with Crippen LogP contribution < -0.4 is 0 Å². The number of amides is 1. The lowest BCUT2D eigenvalue weighted by Gasteiger charge is -2.20. The smallest absolute Gasteiger partial charge is 0.285 e. The maximum absolute atomic E-state index is 12.1. The molecule has 7 heteroatoms. The summed E-state index contributed by atoms with van der Waals surface area (Å²) in [7, 11) is -4.00. The molecule has 6 nitrogen and oxygen atoms in total. The number of carbonyl (C=O) groups is 2. The molecule has 1 aromatic rings. The van der Waals surface area contributed by atoms with Crippen LogP contribution in [0.1, 0.15) is 30.6 Å². The number of sulfonamides is 1. The molecular formula is C11H12N2O4S. The van der Waals surface area contributed by atoms with Crippen molar-refractivity contribution in [3.8, 4) is 0 Å². The highest BCUT2D eigenvalue weighted by Crippen LogP contribution is 2.30. The van der Waals surface area contributed by atoms with Gasteiger partial charge in [0.2, 0.25) is 0 Å². The van der Waals surface area contributed by atoms with Crippen molar-refractivity contribution in [1.82, 2.24) is 9.29 Å². The van der Waals surface area contributed by atoms with Crippen LogP contribution in [0.25, 0.3) is 0 Å². The summed E-state index contributed by atoms with van der Waals surface area (Å²) in [5.41, 5.74) is 0.0215. The van der Waals surface area contributed by atoms with E-state index in [4.69, 9.17) is 0 Å². The predicted octanol–water partition coefficient (Wildman–Crippen LogP) is 0.594. The third-order valence-electron chi connectivity index (χ3n) is 2.87. The number of fused-ring (bicyclic) bond motifs is 1. The Bertz CT molecular complexity index is 624. The molecule has 0 saturated carbocycles. The lowest BCUT2D eigenvalue weighted by molar-refractivity contribution is -0.121. The van der Waals surface area contributed by atoms with Gasteiger partial charge in [0.05, 0.1) is 5.56 Å². The quantitative estimate of drug-likeness (QED) is 0.801. The van der Waals surface area contributed by atoms with Crippen LogP contribution in [0.4, 0.5) is 0 Å². The summed E-state index contributed by atoms with van der Waals surface area (Å²) in [6.07, 6.45) is 1.48. The van der Waals surface area contributed by atoms with Gasteiger partial charge in [0.15, 0.2) is 10.8 Å². The SMILES string of the molecule is CCC(=O)C(C)N1C(=O)c2cccnc2S1(=O)=O. The lowest BCUT2D eigenvalue weighted by Crippen LogP contribution is -2.42. The average molecular weight is 268 g/mol. The van der Waals surface area contributed by atoms with Crippen LogP contribution in [-0.4, -0.2) is 35.4 Å². The number of pyridine rings is 1. The zero-order chi connectivity index (χ0) is 13.5. The first-order valence-corrected chi connectivity index (χ1v) is 6.91. The van der Waals surface area contributed by atoms with Gasteiger partial charge in [0.1, 0.15) is 6.04 Å². The van der Waals surface area contributed by atoms with E-state index in [0.29, 0.717) is 4.31 Å². The van der Waals surface area contributed by atoms with Crippen molar-refractivity contribution in [2.45, 2.75) is 31.3 Å². The molecule has 0 saturated heterocycles. The van der Waals surface area contributed by atoms with Crippen molar-refractivity contribution in [2.24, 2.45) is 0 Å². The summed E-state index contributed by atoms with van der Waals surface area (Å²) < 4.78 is 24.9. The van der Waals surface area contributed by atoms with E-state index >= 15 is 0 Å². The van der Waals surface area contributed by atoms with Gasteiger partial charge in [-0.3, -0.25) is 9.59 Å². The first-order chi connectivity index (χ1) is 8.41. The summed E-state index contributed by atoms with van der Waals surface area (Å²) in [6.45, 7) is 3.03. The largest absolute Gasteiger partial charge is 0.297 e. The molecule has 18 heavy (non-hydrogen) atoms. The maximum Gasteiger partial charge on any atom is 0.285 e. The van der Waals surface area contributed by atoms with Gasteiger partial charge >= 0.3 is 0 Å². The highest BCUT2D eigenvalue weighted by molar-refractivity contribution is 7.90. The molecule has 2 rings (SSSR count). The van der Waals surface area contributed by atoms with Crippen LogP contribution in [0.15, 0.2) is 23.4 Å². The first-order valence-electron chi connectivity index (χ1n) is 5.47. The Balaban J connectivity index is 2.55. The van der Waals surface area contributed by atoms with Crippen molar-refractivity contribution in [3.63, 3.8) is 0 Å². The molecule has 2 heterocycles. The molecule has 1 unspecified atom stereocenters. The molecule has 0 fully saturated rings. The van der Waals surface area contributed by atoms with Crippen LogP contribution in [0.5, 0.6) is 0 Å². The standard InChI is InChI=1S/C11H12N2O4S/c1-3-9(14)7(2)13-11(15)8-5-4-6-12-10(8)18(13,16)17/h4-7H,3H2,1-2H3. The minimum absolute atomic E-state index is 0.0215. The Hall–Kier alpha value is -1.76. The van der Waals surface area contributed by atoms with E-state index in [1.807, 2.05) is 0 Å². The van der Waals surface area contributed by atoms with Crippen LogP contribution in [0.2, 0.25) is 0 Å². The Morgan fingerprint density at radius 1 is 1.50 bits per heavy atom. The van der Waals surface area contributed by atoms with Gasteiger partial charge in [0, 0.05) is 12.6 Å². The summed E-state index contributed by atoms with van der Waals surface area (Å²) in [5.74, 6) is -0.993. The second-order valence-corrected chi connectivity index (χ2v) is 5.69. The van der Waals surface area contributed by atoms with Crippen molar-refractivity contribution in [3.05, 3.63) is 23.9 Å². The fourth-order valence-corrected chi connectivity index (χ4v) is 3.55. The summed E-state index contributed by atoms with van der Waals surface area (Å²) in [4.78, 5) is 27.4. The van der Waals surface area contributed by atoms with Crippen LogP contribution in [-0.2, 0) is 14.8 Å². The molecule has 0 N–H and O–H groups in total. The van der Waals surface area contributed by atoms with Gasteiger partial charge < -0.3 is 0 Å². The van der Waals surface area contributed by atoms with Gasteiger partial charge in [-0.25, -0.2) is 9.29 Å². The number of nitrogens with zero attached hydrogens (tertiary/aromatic N) is 2. The minimum Gasteiger partial charge on any atom is -0.297 e. The van der Waals surface area contributed by atoms with E-state index < -0.39 is 22.0 Å². The summed E-state index contributed by atoms with van der Waals surface area (Å²) in [6, 6.07) is 1.88. The van der Waals surface area contributed by atoms with E-state index in [1.54, 1.807) is 6.92 Å². The topological polar surface area (TPSA) is 84.4 Å². The first kappa shape index (κ1) is 12.7. The molecule has 0 bridgehead atoms. The molecule has 0 aromatic carbocycles. The van der Waals surface area contributed by atoms with Gasteiger partial charge in [-0.2, -0.15) is 8.42 Å². The zero-order valence-corrected chi connectivity index (χ0v) is 10.8. The van der Waals surface area contributed by atoms with E-state index in [0.717, 1.165) is 0 Å². The van der Waals surface area contributed by atoms with E-state index in [9.17, 15) is 18.0 Å². The van der Waals surface area contributed by atoms with E-state index in [1.165, 1.54) is 25.3 Å². The molecule has 0 aliphatic carbocycles. The molecule has 1 atom stereocenters. The van der Waals surface area contributed by atoms with Gasteiger partial charge in [-0.1, -0.05) is 6.92 Å². The van der Waals surface area contributed by atoms with Crippen molar-refractivity contribution in [2.75, 3.05) is 0 Å². The molecule has 1 aromatic heterocycles. The highest BCUT2D eigenvalue weighted by atomic mass is 32.2. The number of carbonyl (C=O) groups excluding carboxylic acids is 2. The summed E-state index contributed by atoms with van der Waals surface area (Å²) in [5, 5.41) is -0.272. The van der Waals surface area contributed by atoms with Crippen molar-refractivity contribution >= 4 is 21.7 Å². The number of Topliss-reactive ketones (excluding diaryl/α,β-unsaturated/α-hetero) is 1. The molecule has 96 valence electrons. The van der Waals surface area contributed by atoms with Gasteiger partial charge in [-0.15, -0.1) is 0 Å². The normalized spacial score (nSPS) is 18.6. The second kappa shape index (κ2) is 4.16. The van der Waals surface area contributed by atoms with Crippen LogP contribution in [0, 0.1) is 0 Å². The van der Waals surface area contributed by atoms with E-state index in [-0.39, 0.29) is 22.8 Å². The molecule has 1 aliphatic heterocycles. The predicted molar refractivity (Wildman–Crippen MR) is 62.4 cm³/mol. The van der Waals surface area contributed by atoms with Gasteiger partial charge in [0.25, 0.3) is 15.9 Å². The van der Waals surface area contributed by atoms with Crippen LogP contribution >= 0.6 is 0 Å². The maximum atomic E-state index is 12.1. The van der Waals surface area contributed by atoms with Crippen molar-refractivity contribution < 1.29 is 18.0 Å². The minimum atomic E-state index is -4.00. The molecule has 0 radical (unpaired) electrons. The van der Waals surface area contributed by atoms with Gasteiger partial charge in [-0.05, 0) is 19.1 Å². The number of rotatable bonds is 3. The third kappa shape index (κ3) is 1.62. The molecule has 1 amide bonds. The van der Waals surface area contributed by atoms with Crippen molar-refractivity contribution in [1.29, 1.82) is 0 Å². The number of ketones is 1. The highest BCUT2D eigenvalue weighted by Gasteiger charge is 2.46. The molecular weight excluding hydrogens is 256 g/mol. The average Bonchev–Trinajstić information content (AvgIpc) is 2.56. The fourth-order valence-electron chi connectivity index (χ4n) is 1.89. The molecule has 0 spiro atoms. The Labute approximate surface area is 105 Å². The number of hydrogen-bond donors (Lipinski definition) is 0. The number of hydrogen-bond acceptors (Lipinski definition) is 5. The fraction of sp³-hybridized carbons (Fsp3) is 0.364. The Morgan fingerprint density at radius 3 is 2.72 bits per heavy atom. The molecule has 1 aliphatic rings. The Morgan fingerprint density at radius 2 is 2.17 bits per heavy atom. The summed E-state index contributed by atoms with van der Waals surface area (Å²) >= 11 is 0. The van der Waals surface area contributed by atoms with E-state index in [2.05, 4.69) is 4.98 Å². The monoisotopic (exact) mass is 268 g/mol.